The van der Waals surface area contributed by atoms with Gasteiger partial charge in [0, 0.05) is 19.3 Å². The van der Waals surface area contributed by atoms with Gasteiger partial charge in [0.15, 0.2) is 0 Å². The summed E-state index contributed by atoms with van der Waals surface area (Å²) in [6.45, 7) is 0.418. The minimum absolute atomic E-state index is 0.138. The van der Waals surface area contributed by atoms with E-state index in [1.165, 1.54) is 0 Å². The van der Waals surface area contributed by atoms with Crippen molar-refractivity contribution in [3.8, 4) is 5.75 Å². The number of hydrogen-bond acceptors (Lipinski definition) is 3. The lowest BCUT2D eigenvalue weighted by molar-refractivity contribution is 0.0786. The number of para-hydroxylation sites is 1. The van der Waals surface area contributed by atoms with Gasteiger partial charge in [-0.2, -0.15) is 0 Å². The summed E-state index contributed by atoms with van der Waals surface area (Å²) in [5.41, 5.74) is 7.61. The molecule has 3 N–H and O–H groups in total. The molecule has 0 unspecified atom stereocenters. The van der Waals surface area contributed by atoms with E-state index in [0.717, 1.165) is 5.56 Å². The quantitative estimate of drug-likeness (QED) is 0.828. The largest absolute Gasteiger partial charge is 0.508 e. The number of benzene rings is 2. The van der Waals surface area contributed by atoms with E-state index < -0.39 is 0 Å². The Morgan fingerprint density at radius 1 is 1.21 bits per heavy atom. The summed E-state index contributed by atoms with van der Waals surface area (Å²) in [4.78, 5) is 13.8. The van der Waals surface area contributed by atoms with Crippen LogP contribution in [-0.4, -0.2) is 23.0 Å². The minimum atomic E-state index is -0.138. The fourth-order valence-electron chi connectivity index (χ4n) is 1.90. The molecule has 2 rings (SSSR count). The average Bonchev–Trinajstić information content (AvgIpc) is 2.38. The Morgan fingerprint density at radius 2 is 1.95 bits per heavy atom. The van der Waals surface area contributed by atoms with Crippen molar-refractivity contribution in [1.29, 1.82) is 0 Å². The molecule has 0 saturated heterocycles. The summed E-state index contributed by atoms with van der Waals surface area (Å²) < 4.78 is 0. The molecule has 0 radical (unpaired) electrons. The summed E-state index contributed by atoms with van der Waals surface area (Å²) >= 11 is 0. The molecule has 0 heterocycles. The number of carbonyl (C=O) groups is 1. The number of phenols is 1. The Balaban J connectivity index is 2.14. The zero-order chi connectivity index (χ0) is 13.8. The van der Waals surface area contributed by atoms with Gasteiger partial charge in [0.05, 0.1) is 5.56 Å². The van der Waals surface area contributed by atoms with Gasteiger partial charge in [0.25, 0.3) is 5.91 Å². The van der Waals surface area contributed by atoms with Crippen LogP contribution in [0.2, 0.25) is 0 Å². The highest BCUT2D eigenvalue weighted by atomic mass is 16.3. The van der Waals surface area contributed by atoms with Crippen LogP contribution < -0.4 is 5.73 Å². The van der Waals surface area contributed by atoms with E-state index in [1.807, 2.05) is 6.07 Å². The van der Waals surface area contributed by atoms with Crippen LogP contribution in [0.1, 0.15) is 15.9 Å². The number of amides is 1. The predicted octanol–water partition coefficient (Wildman–Crippen LogP) is 2.25. The fourth-order valence-corrected chi connectivity index (χ4v) is 1.90. The number of anilines is 1. The first kappa shape index (κ1) is 13.0. The van der Waals surface area contributed by atoms with Crippen LogP contribution in [0.15, 0.2) is 48.5 Å². The summed E-state index contributed by atoms with van der Waals surface area (Å²) in [6.07, 6.45) is 0. The summed E-state index contributed by atoms with van der Waals surface area (Å²) in [5, 5.41) is 9.40. The first-order valence-corrected chi connectivity index (χ1v) is 5.96. The van der Waals surface area contributed by atoms with Crippen molar-refractivity contribution in [2.75, 3.05) is 12.8 Å². The molecular formula is C15H16N2O2. The van der Waals surface area contributed by atoms with Crippen LogP contribution in [0.4, 0.5) is 5.69 Å². The van der Waals surface area contributed by atoms with Crippen molar-refractivity contribution >= 4 is 11.6 Å². The van der Waals surface area contributed by atoms with Gasteiger partial charge in [0.2, 0.25) is 0 Å². The van der Waals surface area contributed by atoms with E-state index in [4.69, 9.17) is 5.73 Å². The minimum Gasteiger partial charge on any atom is -0.508 e. The number of hydrogen-bond donors (Lipinski definition) is 2. The third-order valence-corrected chi connectivity index (χ3v) is 2.87. The third-order valence-electron chi connectivity index (χ3n) is 2.87. The van der Waals surface area contributed by atoms with Crippen LogP contribution in [-0.2, 0) is 6.54 Å². The lowest BCUT2D eigenvalue weighted by atomic mass is 10.1. The molecule has 98 valence electrons. The van der Waals surface area contributed by atoms with Gasteiger partial charge in [-0.05, 0) is 29.8 Å². The third kappa shape index (κ3) is 3.04. The van der Waals surface area contributed by atoms with Gasteiger partial charge in [0.1, 0.15) is 5.75 Å². The predicted molar refractivity (Wildman–Crippen MR) is 74.8 cm³/mol. The van der Waals surface area contributed by atoms with E-state index in [-0.39, 0.29) is 11.7 Å². The fraction of sp³-hybridized carbons (Fsp3) is 0.133. The van der Waals surface area contributed by atoms with Gasteiger partial charge < -0.3 is 15.7 Å². The summed E-state index contributed by atoms with van der Waals surface area (Å²) in [5.74, 6) is 0.0546. The van der Waals surface area contributed by atoms with Crippen LogP contribution in [0.25, 0.3) is 0 Å². The molecular weight excluding hydrogens is 240 g/mol. The molecule has 0 atom stereocenters. The van der Waals surface area contributed by atoms with Gasteiger partial charge in [-0.1, -0.05) is 24.3 Å². The molecule has 2 aromatic rings. The molecule has 0 aromatic heterocycles. The number of nitrogens with two attached hydrogens (primary N) is 1. The Labute approximate surface area is 112 Å². The lowest BCUT2D eigenvalue weighted by Crippen LogP contribution is -2.26. The molecule has 4 nitrogen and oxygen atoms in total. The van der Waals surface area contributed by atoms with Crippen molar-refractivity contribution in [3.63, 3.8) is 0 Å². The van der Waals surface area contributed by atoms with Crippen molar-refractivity contribution in [3.05, 3.63) is 59.7 Å². The van der Waals surface area contributed by atoms with Crippen LogP contribution >= 0.6 is 0 Å². The van der Waals surface area contributed by atoms with Crippen LogP contribution in [0.5, 0.6) is 5.75 Å². The first-order chi connectivity index (χ1) is 9.08. The molecule has 19 heavy (non-hydrogen) atoms. The normalized spacial score (nSPS) is 10.2. The topological polar surface area (TPSA) is 66.6 Å². The molecule has 0 aliphatic carbocycles. The highest BCUT2D eigenvalue weighted by Gasteiger charge is 2.14. The second-order valence-electron chi connectivity index (χ2n) is 4.42. The van der Waals surface area contributed by atoms with Crippen LogP contribution in [0, 0.1) is 0 Å². The first-order valence-electron chi connectivity index (χ1n) is 5.96. The molecule has 0 spiro atoms. The smallest absolute Gasteiger partial charge is 0.255 e. The monoisotopic (exact) mass is 256 g/mol. The number of rotatable bonds is 3. The highest BCUT2D eigenvalue weighted by Crippen LogP contribution is 2.16. The molecule has 2 aromatic carbocycles. The van der Waals surface area contributed by atoms with Gasteiger partial charge in [-0.15, -0.1) is 0 Å². The second kappa shape index (κ2) is 5.44. The van der Waals surface area contributed by atoms with Crippen molar-refractivity contribution in [2.45, 2.75) is 6.54 Å². The molecule has 1 amide bonds. The van der Waals surface area contributed by atoms with E-state index in [1.54, 1.807) is 54.4 Å². The Morgan fingerprint density at radius 3 is 2.63 bits per heavy atom. The van der Waals surface area contributed by atoms with Crippen molar-refractivity contribution < 1.29 is 9.90 Å². The zero-order valence-corrected chi connectivity index (χ0v) is 10.7. The molecule has 0 bridgehead atoms. The van der Waals surface area contributed by atoms with Crippen LogP contribution in [0.3, 0.4) is 0 Å². The van der Waals surface area contributed by atoms with E-state index in [9.17, 15) is 9.90 Å². The number of phenolic OH excluding ortho intramolecular Hbond substituents is 1. The Bertz CT molecular complexity index is 596. The van der Waals surface area contributed by atoms with Gasteiger partial charge in [-0.25, -0.2) is 0 Å². The number of nitrogens with zero attached hydrogens (tertiary/aromatic N) is 1. The molecule has 0 saturated carbocycles. The molecule has 0 aliphatic rings. The van der Waals surface area contributed by atoms with Gasteiger partial charge in [-0.3, -0.25) is 4.79 Å². The second-order valence-corrected chi connectivity index (χ2v) is 4.42. The number of aromatic hydroxyl groups is 1. The maximum absolute atomic E-state index is 12.2. The maximum atomic E-state index is 12.2. The Hall–Kier alpha value is -2.49. The number of nitrogen functional groups attached to an aromatic ring is 1. The molecule has 0 aliphatic heterocycles. The summed E-state index contributed by atoms with van der Waals surface area (Å²) in [6, 6.07) is 13.8. The van der Waals surface area contributed by atoms with Gasteiger partial charge >= 0.3 is 0 Å². The lowest BCUT2D eigenvalue weighted by Gasteiger charge is -2.18. The standard InChI is InChI=1S/C15H16N2O2/c1-17(10-11-5-4-6-12(18)9-11)15(19)13-7-2-3-8-14(13)16/h2-9,18H,10,16H2,1H3. The van der Waals surface area contributed by atoms with Crippen molar-refractivity contribution in [2.24, 2.45) is 0 Å². The van der Waals surface area contributed by atoms with E-state index in [2.05, 4.69) is 0 Å². The highest BCUT2D eigenvalue weighted by molar-refractivity contribution is 5.98. The van der Waals surface area contributed by atoms with Crippen molar-refractivity contribution in [1.82, 2.24) is 4.90 Å². The SMILES string of the molecule is CN(Cc1cccc(O)c1)C(=O)c1ccccc1N. The summed E-state index contributed by atoms with van der Waals surface area (Å²) in [7, 11) is 1.71. The van der Waals surface area contributed by atoms with E-state index in [0.29, 0.717) is 17.8 Å². The zero-order valence-electron chi connectivity index (χ0n) is 10.7. The van der Waals surface area contributed by atoms with E-state index >= 15 is 0 Å². The Kier molecular flexibility index (Phi) is 3.71. The molecule has 0 fully saturated rings. The number of carbonyl (C=O) groups excluding carboxylic acids is 1. The maximum Gasteiger partial charge on any atom is 0.255 e. The average molecular weight is 256 g/mol. The molecule has 4 heteroatoms.